The Morgan fingerprint density at radius 2 is 1.85 bits per heavy atom. The highest BCUT2D eigenvalue weighted by Gasteiger charge is 2.27. The summed E-state index contributed by atoms with van der Waals surface area (Å²) in [6, 6.07) is 13.5. The summed E-state index contributed by atoms with van der Waals surface area (Å²) in [5.74, 6) is -0.0608. The summed E-state index contributed by atoms with van der Waals surface area (Å²) in [6.07, 6.45) is 1.19. The molecular formula is C21H21N3O3. The lowest BCUT2D eigenvalue weighted by atomic mass is 10.0. The molecule has 2 heterocycles. The van der Waals surface area contributed by atoms with Crippen LogP contribution in [0.3, 0.4) is 0 Å². The number of carbonyl (C=O) groups excluding carboxylic acids is 3. The summed E-state index contributed by atoms with van der Waals surface area (Å²) >= 11 is 0. The zero-order chi connectivity index (χ0) is 19.0. The quantitative estimate of drug-likeness (QED) is 0.878. The maximum atomic E-state index is 12.7. The minimum Gasteiger partial charge on any atom is -0.352 e. The second-order valence-electron chi connectivity index (χ2n) is 7.11. The van der Waals surface area contributed by atoms with E-state index in [1.165, 1.54) is 6.92 Å². The third-order valence-corrected chi connectivity index (χ3v) is 5.08. The first-order chi connectivity index (χ1) is 13.0. The number of hydrogen-bond acceptors (Lipinski definition) is 3. The molecule has 3 amide bonds. The van der Waals surface area contributed by atoms with Crippen molar-refractivity contribution in [2.24, 2.45) is 0 Å². The standard InChI is InChI=1S/C21H21N3O3/c1-13(25)22-18-8-9-24(12-18)21(27)15-4-2-14(3-5-15)16-6-7-19-17(10-16)11-20(26)23-19/h2-7,10,18H,8-9,11-12H2,1H3,(H,22,25)(H,23,26)/t18-/m0/s1. The van der Waals surface area contributed by atoms with Gasteiger partial charge < -0.3 is 15.5 Å². The van der Waals surface area contributed by atoms with E-state index in [1.807, 2.05) is 42.5 Å². The molecule has 2 aliphatic heterocycles. The molecule has 0 aromatic heterocycles. The van der Waals surface area contributed by atoms with Crippen molar-refractivity contribution in [1.29, 1.82) is 0 Å². The van der Waals surface area contributed by atoms with Crippen LogP contribution in [0.25, 0.3) is 11.1 Å². The Morgan fingerprint density at radius 3 is 2.59 bits per heavy atom. The molecule has 0 bridgehead atoms. The van der Waals surface area contributed by atoms with E-state index in [0.717, 1.165) is 28.8 Å². The van der Waals surface area contributed by atoms with Gasteiger partial charge in [0.1, 0.15) is 0 Å². The molecule has 2 N–H and O–H groups in total. The van der Waals surface area contributed by atoms with Crippen LogP contribution < -0.4 is 10.6 Å². The van der Waals surface area contributed by atoms with Crippen LogP contribution in [0.4, 0.5) is 5.69 Å². The first-order valence-electron chi connectivity index (χ1n) is 9.09. The number of likely N-dealkylation sites (tertiary alicyclic amines) is 1. The van der Waals surface area contributed by atoms with E-state index in [0.29, 0.717) is 25.1 Å². The van der Waals surface area contributed by atoms with Gasteiger partial charge in [0.15, 0.2) is 0 Å². The number of rotatable bonds is 3. The lowest BCUT2D eigenvalue weighted by molar-refractivity contribution is -0.119. The molecular weight excluding hydrogens is 342 g/mol. The van der Waals surface area contributed by atoms with Gasteiger partial charge in [-0.2, -0.15) is 0 Å². The molecule has 2 aromatic rings. The van der Waals surface area contributed by atoms with Crippen molar-refractivity contribution in [3.05, 3.63) is 53.6 Å². The van der Waals surface area contributed by atoms with E-state index in [-0.39, 0.29) is 23.8 Å². The molecule has 0 saturated carbocycles. The van der Waals surface area contributed by atoms with Gasteiger partial charge in [0.2, 0.25) is 11.8 Å². The molecule has 0 radical (unpaired) electrons. The van der Waals surface area contributed by atoms with Crippen molar-refractivity contribution >= 4 is 23.4 Å². The third kappa shape index (κ3) is 3.56. The number of benzene rings is 2. The van der Waals surface area contributed by atoms with Gasteiger partial charge in [-0.3, -0.25) is 14.4 Å². The van der Waals surface area contributed by atoms with Crippen molar-refractivity contribution < 1.29 is 14.4 Å². The first kappa shape index (κ1) is 17.3. The fraction of sp³-hybridized carbons (Fsp3) is 0.286. The number of nitrogens with zero attached hydrogens (tertiary/aromatic N) is 1. The summed E-state index contributed by atoms with van der Waals surface area (Å²) in [4.78, 5) is 37.1. The number of anilines is 1. The number of fused-ring (bicyclic) bond motifs is 1. The zero-order valence-electron chi connectivity index (χ0n) is 15.1. The van der Waals surface area contributed by atoms with Crippen LogP contribution in [0.2, 0.25) is 0 Å². The van der Waals surface area contributed by atoms with Crippen LogP contribution in [0.5, 0.6) is 0 Å². The van der Waals surface area contributed by atoms with Crippen LogP contribution >= 0.6 is 0 Å². The van der Waals surface area contributed by atoms with Crippen molar-refractivity contribution in [3.63, 3.8) is 0 Å². The monoisotopic (exact) mass is 363 g/mol. The Hall–Kier alpha value is -3.15. The average Bonchev–Trinajstić information content (AvgIpc) is 3.25. The highest BCUT2D eigenvalue weighted by atomic mass is 16.2. The van der Waals surface area contributed by atoms with Gasteiger partial charge in [-0.05, 0) is 47.4 Å². The predicted molar refractivity (Wildman–Crippen MR) is 102 cm³/mol. The topological polar surface area (TPSA) is 78.5 Å². The van der Waals surface area contributed by atoms with Crippen molar-refractivity contribution in [1.82, 2.24) is 10.2 Å². The first-order valence-corrected chi connectivity index (χ1v) is 9.09. The Labute approximate surface area is 157 Å². The molecule has 1 saturated heterocycles. The summed E-state index contributed by atoms with van der Waals surface area (Å²) < 4.78 is 0. The summed E-state index contributed by atoms with van der Waals surface area (Å²) in [7, 11) is 0. The Kier molecular flexibility index (Phi) is 4.39. The number of nitrogens with one attached hydrogen (secondary N) is 2. The van der Waals surface area contributed by atoms with Gasteiger partial charge >= 0.3 is 0 Å². The Bertz CT molecular complexity index is 921. The van der Waals surface area contributed by atoms with Crippen LogP contribution in [0, 0.1) is 0 Å². The van der Waals surface area contributed by atoms with Gasteiger partial charge in [-0.25, -0.2) is 0 Å². The molecule has 0 spiro atoms. The van der Waals surface area contributed by atoms with Crippen molar-refractivity contribution in [2.75, 3.05) is 18.4 Å². The normalized spacial score (nSPS) is 18.2. The molecule has 2 aromatic carbocycles. The highest BCUT2D eigenvalue weighted by molar-refractivity contribution is 6.00. The molecule has 0 unspecified atom stereocenters. The van der Waals surface area contributed by atoms with E-state index in [1.54, 1.807) is 4.90 Å². The predicted octanol–water partition coefficient (Wildman–Crippen LogP) is 2.20. The lowest BCUT2D eigenvalue weighted by Gasteiger charge is -2.17. The van der Waals surface area contributed by atoms with Crippen molar-refractivity contribution in [3.8, 4) is 11.1 Å². The number of hydrogen-bond donors (Lipinski definition) is 2. The second-order valence-corrected chi connectivity index (χ2v) is 7.11. The SMILES string of the molecule is CC(=O)N[C@H]1CCN(C(=O)c2ccc(-c3ccc4c(c3)CC(=O)N4)cc2)C1. The van der Waals surface area contributed by atoms with Crippen molar-refractivity contribution in [2.45, 2.75) is 25.8 Å². The van der Waals surface area contributed by atoms with E-state index in [4.69, 9.17) is 0 Å². The van der Waals surface area contributed by atoms with E-state index < -0.39 is 0 Å². The molecule has 6 heteroatoms. The van der Waals surface area contributed by atoms with E-state index in [2.05, 4.69) is 10.6 Å². The number of carbonyl (C=O) groups is 3. The summed E-state index contributed by atoms with van der Waals surface area (Å²) in [5, 5.41) is 5.70. The molecule has 27 heavy (non-hydrogen) atoms. The highest BCUT2D eigenvalue weighted by Crippen LogP contribution is 2.29. The minimum atomic E-state index is -0.0649. The Morgan fingerprint density at radius 1 is 1.11 bits per heavy atom. The molecule has 4 rings (SSSR count). The molecule has 0 aliphatic carbocycles. The average molecular weight is 363 g/mol. The van der Waals surface area contributed by atoms with E-state index in [9.17, 15) is 14.4 Å². The Balaban J connectivity index is 1.47. The summed E-state index contributed by atoms with van der Waals surface area (Å²) in [6.45, 7) is 2.69. The van der Waals surface area contributed by atoms with Gasteiger partial charge in [0, 0.05) is 37.3 Å². The fourth-order valence-corrected chi connectivity index (χ4v) is 3.75. The largest absolute Gasteiger partial charge is 0.352 e. The van der Waals surface area contributed by atoms with E-state index >= 15 is 0 Å². The van der Waals surface area contributed by atoms with Gasteiger partial charge in [-0.1, -0.05) is 18.2 Å². The molecule has 6 nitrogen and oxygen atoms in total. The second kappa shape index (κ2) is 6.87. The van der Waals surface area contributed by atoms with Crippen LogP contribution in [-0.2, 0) is 16.0 Å². The smallest absolute Gasteiger partial charge is 0.253 e. The zero-order valence-corrected chi connectivity index (χ0v) is 15.1. The minimum absolute atomic E-state index is 0.0156. The summed E-state index contributed by atoms with van der Waals surface area (Å²) in [5.41, 5.74) is 4.54. The van der Waals surface area contributed by atoms with Gasteiger partial charge in [0.05, 0.1) is 6.42 Å². The number of amides is 3. The van der Waals surface area contributed by atoms with Crippen LogP contribution in [-0.4, -0.2) is 41.8 Å². The molecule has 2 aliphatic rings. The van der Waals surface area contributed by atoms with Gasteiger partial charge in [-0.15, -0.1) is 0 Å². The molecule has 1 atom stereocenters. The molecule has 1 fully saturated rings. The molecule has 138 valence electrons. The third-order valence-electron chi connectivity index (χ3n) is 5.08. The van der Waals surface area contributed by atoms with Crippen LogP contribution in [0.1, 0.15) is 29.3 Å². The van der Waals surface area contributed by atoms with Gasteiger partial charge in [0.25, 0.3) is 5.91 Å². The maximum Gasteiger partial charge on any atom is 0.253 e. The lowest BCUT2D eigenvalue weighted by Crippen LogP contribution is -2.37. The van der Waals surface area contributed by atoms with Crippen LogP contribution in [0.15, 0.2) is 42.5 Å². The fourth-order valence-electron chi connectivity index (χ4n) is 3.75. The maximum absolute atomic E-state index is 12.7.